The number of anilines is 1. The van der Waals surface area contributed by atoms with Crippen LogP contribution in [0.25, 0.3) is 21.3 Å². The number of hydrogen-bond donors (Lipinski definition) is 1. The Bertz CT molecular complexity index is 1650. The van der Waals surface area contributed by atoms with E-state index in [0.717, 1.165) is 26.2 Å². The fourth-order valence-electron chi connectivity index (χ4n) is 4.65. The van der Waals surface area contributed by atoms with Crippen LogP contribution in [-0.4, -0.2) is 21.8 Å². The number of benzene rings is 3. The molecule has 0 fully saturated rings. The summed E-state index contributed by atoms with van der Waals surface area (Å²) < 4.78 is 0. The van der Waals surface area contributed by atoms with Gasteiger partial charge in [-0.3, -0.25) is 14.5 Å². The van der Waals surface area contributed by atoms with Crippen molar-refractivity contribution < 1.29 is 14.7 Å². The van der Waals surface area contributed by atoms with E-state index in [4.69, 9.17) is 0 Å². The number of carbonyl (C=O) groups excluding carboxylic acids is 2. The summed E-state index contributed by atoms with van der Waals surface area (Å²) in [5.74, 6) is -1.47. The van der Waals surface area contributed by atoms with Crippen molar-refractivity contribution in [3.8, 4) is 10.6 Å². The number of aromatic nitrogens is 1. The minimum Gasteiger partial charge on any atom is -0.503 e. The molecule has 5 nitrogen and oxygen atoms in total. The molecule has 2 aromatic heterocycles. The molecule has 36 heavy (non-hydrogen) atoms. The van der Waals surface area contributed by atoms with E-state index in [0.29, 0.717) is 16.3 Å². The average molecular weight is 509 g/mol. The predicted molar refractivity (Wildman–Crippen MR) is 145 cm³/mol. The smallest absolute Gasteiger partial charge is 0.294 e. The van der Waals surface area contributed by atoms with E-state index in [9.17, 15) is 14.7 Å². The number of aliphatic hydroxyl groups excluding tert-OH is 1. The van der Waals surface area contributed by atoms with Crippen LogP contribution in [0.5, 0.6) is 0 Å². The summed E-state index contributed by atoms with van der Waals surface area (Å²) in [4.78, 5) is 35.0. The standard InChI is InChI=1S/C29H20N2O3S2/c1-17-27(36-28(30-17)19-10-3-2-4-11-19)25(32)23-24(22-15-8-16-35-22)31(29(34)26(23)33)21-14-7-12-18-9-5-6-13-20(18)21/h2-16,24,33H,1H3. The Morgan fingerprint density at radius 3 is 2.47 bits per heavy atom. The first-order valence-electron chi connectivity index (χ1n) is 11.4. The summed E-state index contributed by atoms with van der Waals surface area (Å²) in [7, 11) is 0. The van der Waals surface area contributed by atoms with E-state index >= 15 is 0 Å². The zero-order valence-corrected chi connectivity index (χ0v) is 20.8. The van der Waals surface area contributed by atoms with E-state index < -0.39 is 17.7 Å². The third-order valence-electron chi connectivity index (χ3n) is 6.32. The van der Waals surface area contributed by atoms with Crippen molar-refractivity contribution in [3.05, 3.63) is 117 Å². The first-order valence-corrected chi connectivity index (χ1v) is 13.1. The van der Waals surface area contributed by atoms with Crippen LogP contribution in [0.2, 0.25) is 0 Å². The van der Waals surface area contributed by atoms with Crippen molar-refractivity contribution in [2.24, 2.45) is 0 Å². The maximum absolute atomic E-state index is 14.0. The number of aryl methyl sites for hydroxylation is 1. The monoisotopic (exact) mass is 508 g/mol. The number of hydrogen-bond acceptors (Lipinski definition) is 6. The van der Waals surface area contributed by atoms with Crippen molar-refractivity contribution in [2.75, 3.05) is 4.90 Å². The molecule has 0 aliphatic carbocycles. The lowest BCUT2D eigenvalue weighted by atomic mass is 9.99. The summed E-state index contributed by atoms with van der Waals surface area (Å²) in [6.07, 6.45) is 0. The molecule has 7 heteroatoms. The lowest BCUT2D eigenvalue weighted by molar-refractivity contribution is -0.117. The summed E-state index contributed by atoms with van der Waals surface area (Å²) in [5.41, 5.74) is 2.22. The molecular weight excluding hydrogens is 488 g/mol. The summed E-state index contributed by atoms with van der Waals surface area (Å²) in [6.45, 7) is 1.78. The molecule has 1 N–H and O–H groups in total. The van der Waals surface area contributed by atoms with Gasteiger partial charge in [0.05, 0.1) is 21.8 Å². The number of thiazole rings is 1. The van der Waals surface area contributed by atoms with E-state index in [1.165, 1.54) is 22.7 Å². The van der Waals surface area contributed by atoms with Gasteiger partial charge >= 0.3 is 0 Å². The van der Waals surface area contributed by atoms with Gasteiger partial charge in [-0.1, -0.05) is 72.8 Å². The van der Waals surface area contributed by atoms with Crippen molar-refractivity contribution in [1.29, 1.82) is 0 Å². The van der Waals surface area contributed by atoms with Gasteiger partial charge in [-0.05, 0) is 29.8 Å². The van der Waals surface area contributed by atoms with Gasteiger partial charge in [-0.2, -0.15) is 0 Å². The molecule has 0 saturated carbocycles. The summed E-state index contributed by atoms with van der Waals surface area (Å²) in [6, 6.07) is 26.2. The van der Waals surface area contributed by atoms with E-state index in [1.54, 1.807) is 11.8 Å². The van der Waals surface area contributed by atoms with Gasteiger partial charge in [0.1, 0.15) is 11.0 Å². The Labute approximate surface area is 215 Å². The second kappa shape index (κ2) is 8.86. The van der Waals surface area contributed by atoms with Gasteiger partial charge in [0, 0.05) is 15.8 Å². The van der Waals surface area contributed by atoms with Gasteiger partial charge < -0.3 is 5.11 Å². The molecule has 1 atom stereocenters. The first-order chi connectivity index (χ1) is 17.5. The number of Topliss-reactive ketones (excluding diaryl/α,β-unsaturated/α-hetero) is 1. The van der Waals surface area contributed by atoms with Crippen LogP contribution in [-0.2, 0) is 4.79 Å². The fourth-order valence-corrected chi connectivity index (χ4v) is 6.50. The Hall–Kier alpha value is -4.07. The number of carbonyl (C=O) groups is 2. The molecule has 176 valence electrons. The largest absolute Gasteiger partial charge is 0.503 e. The summed E-state index contributed by atoms with van der Waals surface area (Å²) in [5, 5.41) is 15.6. The molecule has 0 saturated heterocycles. The molecule has 6 rings (SSSR count). The minimum atomic E-state index is -0.738. The zero-order valence-electron chi connectivity index (χ0n) is 19.2. The molecule has 3 heterocycles. The lowest BCUT2D eigenvalue weighted by Crippen LogP contribution is -2.30. The highest BCUT2D eigenvalue weighted by Gasteiger charge is 2.46. The third kappa shape index (κ3) is 3.56. The Morgan fingerprint density at radius 2 is 1.69 bits per heavy atom. The van der Waals surface area contributed by atoms with Gasteiger partial charge in [-0.15, -0.1) is 22.7 Å². The molecule has 5 aromatic rings. The lowest BCUT2D eigenvalue weighted by Gasteiger charge is -2.27. The van der Waals surface area contributed by atoms with Crippen LogP contribution in [0, 0.1) is 6.92 Å². The van der Waals surface area contributed by atoms with Crippen LogP contribution in [0.15, 0.2) is 102 Å². The highest BCUT2D eigenvalue weighted by atomic mass is 32.1. The molecule has 0 bridgehead atoms. The normalized spacial score (nSPS) is 15.8. The Morgan fingerprint density at radius 1 is 0.944 bits per heavy atom. The number of aliphatic hydroxyl groups is 1. The first kappa shape index (κ1) is 22.4. The van der Waals surface area contributed by atoms with Gasteiger partial charge in [0.2, 0.25) is 5.78 Å². The molecular formula is C29H20N2O3S2. The summed E-state index contributed by atoms with van der Waals surface area (Å²) >= 11 is 2.72. The quantitative estimate of drug-likeness (QED) is 0.257. The van der Waals surface area contributed by atoms with Crippen molar-refractivity contribution >= 4 is 50.8 Å². The van der Waals surface area contributed by atoms with Crippen LogP contribution in [0.3, 0.4) is 0 Å². The maximum Gasteiger partial charge on any atom is 0.294 e. The number of ketones is 1. The average Bonchev–Trinajstić information content (AvgIpc) is 3.63. The maximum atomic E-state index is 14.0. The Kier molecular flexibility index (Phi) is 5.51. The van der Waals surface area contributed by atoms with Crippen molar-refractivity contribution in [2.45, 2.75) is 13.0 Å². The van der Waals surface area contributed by atoms with E-state index in [-0.39, 0.29) is 11.4 Å². The van der Waals surface area contributed by atoms with Crippen LogP contribution < -0.4 is 4.90 Å². The molecule has 0 spiro atoms. The minimum absolute atomic E-state index is 0.0849. The number of amides is 1. The molecule has 0 radical (unpaired) electrons. The van der Waals surface area contributed by atoms with Crippen molar-refractivity contribution in [1.82, 2.24) is 4.98 Å². The Balaban J connectivity index is 1.49. The predicted octanol–water partition coefficient (Wildman–Crippen LogP) is 7.12. The SMILES string of the molecule is Cc1nc(-c2ccccc2)sc1C(=O)C1=C(O)C(=O)N(c2cccc3ccccc23)C1c1cccs1. The number of fused-ring (bicyclic) bond motifs is 1. The van der Waals surface area contributed by atoms with Crippen LogP contribution >= 0.6 is 22.7 Å². The van der Waals surface area contributed by atoms with E-state index in [2.05, 4.69) is 4.98 Å². The van der Waals surface area contributed by atoms with Gasteiger partial charge in [0.15, 0.2) is 5.76 Å². The zero-order chi connectivity index (χ0) is 24.8. The highest BCUT2D eigenvalue weighted by molar-refractivity contribution is 7.17. The van der Waals surface area contributed by atoms with Crippen molar-refractivity contribution in [3.63, 3.8) is 0 Å². The number of nitrogens with zero attached hydrogens (tertiary/aromatic N) is 2. The molecule has 1 unspecified atom stereocenters. The highest BCUT2D eigenvalue weighted by Crippen LogP contribution is 2.46. The second-order valence-electron chi connectivity index (χ2n) is 8.48. The number of rotatable bonds is 5. The molecule has 1 aliphatic heterocycles. The topological polar surface area (TPSA) is 70.5 Å². The molecule has 3 aromatic carbocycles. The van der Waals surface area contributed by atoms with Gasteiger partial charge in [-0.25, -0.2) is 4.98 Å². The van der Waals surface area contributed by atoms with Crippen LogP contribution in [0.4, 0.5) is 5.69 Å². The number of thiophene rings is 1. The second-order valence-corrected chi connectivity index (χ2v) is 10.5. The fraction of sp³-hybridized carbons (Fsp3) is 0.0690. The van der Waals surface area contributed by atoms with Gasteiger partial charge in [0.25, 0.3) is 5.91 Å². The van der Waals surface area contributed by atoms with Crippen LogP contribution in [0.1, 0.15) is 26.3 Å². The van der Waals surface area contributed by atoms with E-state index in [1.807, 2.05) is 90.3 Å². The molecule has 1 aliphatic rings. The third-order valence-corrected chi connectivity index (χ3v) is 8.45. The molecule has 1 amide bonds.